The number of aromatic nitrogens is 2. The van der Waals surface area contributed by atoms with Gasteiger partial charge in [0.1, 0.15) is 0 Å². The number of para-hydroxylation sites is 1. The van der Waals surface area contributed by atoms with E-state index in [4.69, 9.17) is 12.2 Å². The van der Waals surface area contributed by atoms with Gasteiger partial charge >= 0.3 is 0 Å². The lowest BCUT2D eigenvalue weighted by Gasteiger charge is -2.02. The smallest absolute Gasteiger partial charge is 0.282 e. The van der Waals surface area contributed by atoms with Gasteiger partial charge in [-0.3, -0.25) is 14.9 Å². The lowest BCUT2D eigenvalue weighted by molar-refractivity contribution is -0.384. The summed E-state index contributed by atoms with van der Waals surface area (Å²) in [5.41, 5.74) is 0.717. The van der Waals surface area contributed by atoms with Crippen molar-refractivity contribution >= 4 is 35.0 Å². The fraction of sp³-hybridized carbons (Fsp3) is 0. The summed E-state index contributed by atoms with van der Waals surface area (Å²) in [6.07, 6.45) is 1.35. The maximum atomic E-state index is 12.4. The van der Waals surface area contributed by atoms with Gasteiger partial charge in [-0.15, -0.1) is 0 Å². The molecule has 114 valence electrons. The Morgan fingerprint density at radius 2 is 2.00 bits per heavy atom. The maximum absolute atomic E-state index is 12.4. The molecule has 1 heterocycles. The first kappa shape index (κ1) is 14.8. The molecule has 0 radical (unpaired) electrons. The second kappa shape index (κ2) is 5.93. The highest BCUT2D eigenvalue weighted by molar-refractivity contribution is 7.71. The number of hydrogen-bond donors (Lipinski definition) is 1. The number of nitrogens with zero attached hydrogens (tertiary/aromatic N) is 3. The number of non-ortho nitro benzene ring substituents is 1. The van der Waals surface area contributed by atoms with Crippen molar-refractivity contribution < 1.29 is 4.92 Å². The summed E-state index contributed by atoms with van der Waals surface area (Å²) in [4.78, 5) is 25.6. The molecule has 3 aromatic rings. The topological polar surface area (TPSA) is 93.3 Å². The number of nitrogens with one attached hydrogen (secondary N) is 1. The molecule has 0 aliphatic carbocycles. The third-order valence-electron chi connectivity index (χ3n) is 3.19. The zero-order valence-electron chi connectivity index (χ0n) is 11.7. The molecule has 8 heteroatoms. The first-order valence-electron chi connectivity index (χ1n) is 6.59. The Bertz CT molecular complexity index is 1050. The van der Waals surface area contributed by atoms with Crippen LogP contribution in [0.2, 0.25) is 0 Å². The van der Waals surface area contributed by atoms with Crippen LogP contribution in [0.4, 0.5) is 5.69 Å². The van der Waals surface area contributed by atoms with E-state index in [2.05, 4.69) is 10.1 Å². The molecule has 0 amide bonds. The second-order valence-electron chi connectivity index (χ2n) is 4.69. The van der Waals surface area contributed by atoms with Gasteiger partial charge in [0.2, 0.25) is 4.77 Å². The number of hydrogen-bond acceptors (Lipinski definition) is 5. The summed E-state index contributed by atoms with van der Waals surface area (Å²) >= 11 is 5.14. The van der Waals surface area contributed by atoms with E-state index < -0.39 is 4.92 Å². The minimum Gasteiger partial charge on any atom is -0.330 e. The normalized spacial score (nSPS) is 11.1. The zero-order valence-corrected chi connectivity index (χ0v) is 12.5. The Morgan fingerprint density at radius 1 is 1.22 bits per heavy atom. The van der Waals surface area contributed by atoms with E-state index in [1.165, 1.54) is 18.3 Å². The van der Waals surface area contributed by atoms with E-state index in [1.807, 2.05) is 0 Å². The highest BCUT2D eigenvalue weighted by atomic mass is 32.1. The summed E-state index contributed by atoms with van der Waals surface area (Å²) in [5.74, 6) is 0. The minimum atomic E-state index is -0.494. The van der Waals surface area contributed by atoms with Gasteiger partial charge in [-0.2, -0.15) is 9.78 Å². The average Bonchev–Trinajstić information content (AvgIpc) is 2.55. The van der Waals surface area contributed by atoms with Gasteiger partial charge in [0, 0.05) is 17.7 Å². The van der Waals surface area contributed by atoms with Gasteiger partial charge < -0.3 is 4.98 Å². The van der Waals surface area contributed by atoms with Gasteiger partial charge in [0.05, 0.1) is 22.0 Å². The zero-order chi connectivity index (χ0) is 16.4. The van der Waals surface area contributed by atoms with Crippen LogP contribution in [0.25, 0.3) is 10.9 Å². The Kier molecular flexibility index (Phi) is 3.82. The highest BCUT2D eigenvalue weighted by Gasteiger charge is 2.06. The molecule has 1 N–H and O–H groups in total. The molecule has 0 saturated carbocycles. The standard InChI is InChI=1S/C15H10N4O3S/c20-14-12-6-1-2-7-13(12)17-15(23)18(14)16-9-10-4-3-5-11(8-10)19(21)22/h1-9H,(H,17,23). The Balaban J connectivity index is 2.08. The molecule has 0 atom stereocenters. The van der Waals surface area contributed by atoms with Crippen LogP contribution in [0.15, 0.2) is 58.4 Å². The van der Waals surface area contributed by atoms with Gasteiger partial charge in [-0.25, -0.2) is 0 Å². The molecule has 3 rings (SSSR count). The lowest BCUT2D eigenvalue weighted by atomic mass is 10.2. The van der Waals surface area contributed by atoms with Crippen molar-refractivity contribution in [2.75, 3.05) is 0 Å². The first-order chi connectivity index (χ1) is 11.1. The van der Waals surface area contributed by atoms with E-state index in [9.17, 15) is 14.9 Å². The van der Waals surface area contributed by atoms with Gasteiger partial charge in [-0.1, -0.05) is 24.3 Å². The molecule has 0 saturated heterocycles. The van der Waals surface area contributed by atoms with Gasteiger partial charge in [0.25, 0.3) is 11.2 Å². The van der Waals surface area contributed by atoms with Crippen LogP contribution in [-0.2, 0) is 0 Å². The average molecular weight is 326 g/mol. The summed E-state index contributed by atoms with van der Waals surface area (Å²) in [6.45, 7) is 0. The van der Waals surface area contributed by atoms with Crippen LogP contribution < -0.4 is 5.56 Å². The molecule has 0 fully saturated rings. The minimum absolute atomic E-state index is 0.0510. The summed E-state index contributed by atoms with van der Waals surface area (Å²) in [6, 6.07) is 12.9. The molecule has 0 aliphatic heterocycles. The van der Waals surface area contributed by atoms with Crippen LogP contribution in [0.3, 0.4) is 0 Å². The number of fused-ring (bicyclic) bond motifs is 1. The molecule has 23 heavy (non-hydrogen) atoms. The second-order valence-corrected chi connectivity index (χ2v) is 5.08. The Morgan fingerprint density at radius 3 is 2.78 bits per heavy atom. The summed E-state index contributed by atoms with van der Waals surface area (Å²) in [5, 5.41) is 15.3. The van der Waals surface area contributed by atoms with Crippen molar-refractivity contribution in [1.29, 1.82) is 0 Å². The maximum Gasteiger partial charge on any atom is 0.282 e. The monoisotopic (exact) mass is 326 g/mol. The van der Waals surface area contributed by atoms with Crippen LogP contribution in [0.5, 0.6) is 0 Å². The van der Waals surface area contributed by atoms with Crippen LogP contribution in [0, 0.1) is 14.9 Å². The van der Waals surface area contributed by atoms with Gasteiger partial charge in [0.15, 0.2) is 0 Å². The molecule has 1 aromatic heterocycles. The SMILES string of the molecule is O=c1c2ccccc2[nH]c(=S)n1N=Cc1cccc([N+](=O)[O-])c1. The molecule has 7 nitrogen and oxygen atoms in total. The largest absolute Gasteiger partial charge is 0.330 e. The van der Waals surface area contributed by atoms with Crippen molar-refractivity contribution in [3.05, 3.63) is 79.3 Å². The molecule has 2 aromatic carbocycles. The van der Waals surface area contributed by atoms with E-state index in [0.29, 0.717) is 16.5 Å². The van der Waals surface area contributed by atoms with Crippen molar-refractivity contribution in [3.63, 3.8) is 0 Å². The molecular weight excluding hydrogens is 316 g/mol. The molecule has 0 spiro atoms. The van der Waals surface area contributed by atoms with E-state index in [0.717, 1.165) is 4.68 Å². The highest BCUT2D eigenvalue weighted by Crippen LogP contribution is 2.11. The van der Waals surface area contributed by atoms with Crippen molar-refractivity contribution in [2.45, 2.75) is 0 Å². The van der Waals surface area contributed by atoms with Crippen LogP contribution >= 0.6 is 12.2 Å². The van der Waals surface area contributed by atoms with Crippen molar-refractivity contribution in [1.82, 2.24) is 9.66 Å². The Hall–Kier alpha value is -3.13. The third kappa shape index (κ3) is 2.92. The number of H-pyrrole nitrogens is 1. The fourth-order valence-corrected chi connectivity index (χ4v) is 2.34. The first-order valence-corrected chi connectivity index (χ1v) is 7.00. The predicted octanol–water partition coefficient (Wildman–Crippen LogP) is 2.85. The van der Waals surface area contributed by atoms with Crippen LogP contribution in [-0.4, -0.2) is 20.8 Å². The number of rotatable bonds is 3. The van der Waals surface area contributed by atoms with Crippen molar-refractivity contribution in [3.8, 4) is 0 Å². The predicted molar refractivity (Wildman–Crippen MR) is 89.5 cm³/mol. The number of nitro groups is 1. The van der Waals surface area contributed by atoms with Crippen molar-refractivity contribution in [2.24, 2.45) is 5.10 Å². The quantitative estimate of drug-likeness (QED) is 0.346. The van der Waals surface area contributed by atoms with E-state index in [1.54, 1.807) is 36.4 Å². The number of aromatic amines is 1. The fourth-order valence-electron chi connectivity index (χ4n) is 2.10. The number of nitro benzene ring substituents is 1. The van der Waals surface area contributed by atoms with Crippen LogP contribution in [0.1, 0.15) is 5.56 Å². The van der Waals surface area contributed by atoms with E-state index >= 15 is 0 Å². The molecule has 0 unspecified atom stereocenters. The lowest BCUT2D eigenvalue weighted by Crippen LogP contribution is -2.18. The third-order valence-corrected chi connectivity index (χ3v) is 3.46. The Labute approximate surface area is 134 Å². The summed E-state index contributed by atoms with van der Waals surface area (Å²) < 4.78 is 1.20. The molecule has 0 aliphatic rings. The number of benzene rings is 2. The molecular formula is C15H10N4O3S. The summed E-state index contributed by atoms with van der Waals surface area (Å²) in [7, 11) is 0. The van der Waals surface area contributed by atoms with E-state index in [-0.39, 0.29) is 16.0 Å². The molecule has 0 bridgehead atoms. The van der Waals surface area contributed by atoms with Gasteiger partial charge in [-0.05, 0) is 24.4 Å².